The number of ether oxygens (including phenoxy) is 1. The smallest absolute Gasteiger partial charge is 0.227 e. The predicted octanol–water partition coefficient (Wildman–Crippen LogP) is 4.17. The number of aromatic nitrogens is 6. The highest BCUT2D eigenvalue weighted by atomic mass is 16.5. The van der Waals surface area contributed by atoms with Crippen molar-refractivity contribution >= 4 is 33.9 Å². The summed E-state index contributed by atoms with van der Waals surface area (Å²) in [5.74, 6) is 1.79. The summed E-state index contributed by atoms with van der Waals surface area (Å²) in [5.41, 5.74) is 14.0. The van der Waals surface area contributed by atoms with Crippen LogP contribution >= 0.6 is 0 Å². The molecule has 11 heteroatoms. The molecule has 212 valence electrons. The lowest BCUT2D eigenvalue weighted by atomic mass is 10.0. The minimum absolute atomic E-state index is 0.434. The summed E-state index contributed by atoms with van der Waals surface area (Å²) < 4.78 is 9.85. The maximum Gasteiger partial charge on any atom is 0.227 e. The molecule has 41 heavy (non-hydrogen) atoms. The summed E-state index contributed by atoms with van der Waals surface area (Å²) in [6.45, 7) is 2.72. The molecule has 5 aromatic rings. The number of benzene rings is 2. The maximum atomic E-state index is 6.52. The summed E-state index contributed by atoms with van der Waals surface area (Å²) in [5, 5.41) is 8.83. The molecular formula is C30H36N10O. The van der Waals surface area contributed by atoms with Crippen molar-refractivity contribution in [3.63, 3.8) is 0 Å². The first-order chi connectivity index (χ1) is 19.8. The molecule has 0 atom stereocenters. The number of aryl methyl sites for hydroxylation is 3. The third kappa shape index (κ3) is 4.93. The Morgan fingerprint density at radius 1 is 1.10 bits per heavy atom. The van der Waals surface area contributed by atoms with Crippen molar-refractivity contribution in [2.24, 2.45) is 7.05 Å². The van der Waals surface area contributed by atoms with Crippen molar-refractivity contribution in [3.05, 3.63) is 54.6 Å². The first-order valence-electron chi connectivity index (χ1n) is 13.8. The van der Waals surface area contributed by atoms with Gasteiger partial charge in [-0.05, 0) is 38.6 Å². The molecule has 0 aliphatic carbocycles. The van der Waals surface area contributed by atoms with Gasteiger partial charge < -0.3 is 30.2 Å². The van der Waals surface area contributed by atoms with Crippen LogP contribution in [0.15, 0.2) is 49.1 Å². The van der Waals surface area contributed by atoms with E-state index in [1.54, 1.807) is 24.3 Å². The van der Waals surface area contributed by atoms with E-state index in [1.807, 2.05) is 26.2 Å². The SMILES string of the molecule is COc1cc(N(C)CCN(C)C)c(N)cc1Nc1ncc(-c2ncnn2C)c(-c2cn3c4c(cccc24)CCC3)n1. The van der Waals surface area contributed by atoms with Gasteiger partial charge in [0.05, 0.1) is 40.9 Å². The predicted molar refractivity (Wildman–Crippen MR) is 164 cm³/mol. The van der Waals surface area contributed by atoms with Crippen molar-refractivity contribution < 1.29 is 4.74 Å². The van der Waals surface area contributed by atoms with Gasteiger partial charge in [0, 0.05) is 63.1 Å². The molecule has 3 aromatic heterocycles. The van der Waals surface area contributed by atoms with Gasteiger partial charge in [-0.1, -0.05) is 18.2 Å². The number of nitrogens with one attached hydrogen (secondary N) is 1. The Hall–Kier alpha value is -4.64. The second-order valence-corrected chi connectivity index (χ2v) is 10.8. The molecule has 0 radical (unpaired) electrons. The molecule has 0 bridgehead atoms. The zero-order chi connectivity index (χ0) is 28.7. The Labute approximate surface area is 239 Å². The topological polar surface area (TPSA) is 115 Å². The minimum atomic E-state index is 0.434. The summed E-state index contributed by atoms with van der Waals surface area (Å²) >= 11 is 0. The van der Waals surface area contributed by atoms with Crippen LogP contribution in [0.4, 0.5) is 23.0 Å². The van der Waals surface area contributed by atoms with Gasteiger partial charge in [-0.15, -0.1) is 0 Å². The molecule has 0 fully saturated rings. The van der Waals surface area contributed by atoms with Gasteiger partial charge in [-0.2, -0.15) is 5.10 Å². The molecule has 6 rings (SSSR count). The molecule has 3 N–H and O–H groups in total. The monoisotopic (exact) mass is 552 g/mol. The van der Waals surface area contributed by atoms with E-state index < -0.39 is 0 Å². The third-order valence-corrected chi connectivity index (χ3v) is 7.71. The quantitative estimate of drug-likeness (QED) is 0.260. The van der Waals surface area contributed by atoms with E-state index in [-0.39, 0.29) is 0 Å². The van der Waals surface area contributed by atoms with Crippen molar-refractivity contribution in [2.45, 2.75) is 19.4 Å². The van der Waals surface area contributed by atoms with E-state index in [4.69, 9.17) is 15.5 Å². The van der Waals surface area contributed by atoms with Crippen LogP contribution in [-0.2, 0) is 20.0 Å². The summed E-state index contributed by atoms with van der Waals surface area (Å²) in [6, 6.07) is 10.3. The number of methoxy groups -OCH3 is 1. The minimum Gasteiger partial charge on any atom is -0.494 e. The highest BCUT2D eigenvalue weighted by Gasteiger charge is 2.23. The van der Waals surface area contributed by atoms with Crippen LogP contribution in [0.5, 0.6) is 5.75 Å². The highest BCUT2D eigenvalue weighted by molar-refractivity contribution is 6.00. The van der Waals surface area contributed by atoms with Gasteiger partial charge in [0.1, 0.15) is 12.1 Å². The first kappa shape index (κ1) is 26.6. The number of rotatable bonds is 9. The standard InChI is InChI=1S/C30H36N10O/c1-37(2)12-13-38(3)25-15-26(41-5)24(14-23(25)31)35-30-32-16-21(29-33-18-34-39(29)4)27(36-30)22-17-40-11-7-9-19-8-6-10-20(22)28(19)40/h6,8,10,14-18H,7,9,11-13,31H2,1-5H3,(H,32,35,36). The number of nitrogens with zero attached hydrogens (tertiary/aromatic N) is 8. The van der Waals surface area contributed by atoms with Gasteiger partial charge in [0.25, 0.3) is 0 Å². The Morgan fingerprint density at radius 2 is 1.95 bits per heavy atom. The first-order valence-corrected chi connectivity index (χ1v) is 13.8. The summed E-state index contributed by atoms with van der Waals surface area (Å²) in [7, 11) is 9.66. The van der Waals surface area contributed by atoms with Gasteiger partial charge in [0.2, 0.25) is 5.95 Å². The van der Waals surface area contributed by atoms with Gasteiger partial charge in [0.15, 0.2) is 5.82 Å². The lowest BCUT2D eigenvalue weighted by molar-refractivity contribution is 0.413. The number of nitrogens with two attached hydrogens (primary N) is 1. The lowest BCUT2D eigenvalue weighted by Crippen LogP contribution is -2.29. The molecule has 1 aliphatic rings. The average Bonchev–Trinajstić information content (AvgIpc) is 3.56. The van der Waals surface area contributed by atoms with Gasteiger partial charge in [-0.25, -0.2) is 19.6 Å². The summed E-state index contributed by atoms with van der Waals surface area (Å²) in [4.78, 5) is 18.5. The number of nitrogen functional groups attached to an aromatic ring is 1. The van der Waals surface area contributed by atoms with Crippen LogP contribution in [0, 0.1) is 0 Å². The van der Waals surface area contributed by atoms with E-state index in [0.717, 1.165) is 55.0 Å². The molecule has 11 nitrogen and oxygen atoms in total. The van der Waals surface area contributed by atoms with Crippen LogP contribution < -0.4 is 20.7 Å². The Bertz CT molecular complexity index is 1720. The number of para-hydroxylation sites is 1. The van der Waals surface area contributed by atoms with Crippen LogP contribution in [0.1, 0.15) is 12.0 Å². The van der Waals surface area contributed by atoms with Gasteiger partial charge >= 0.3 is 0 Å². The number of hydrogen-bond acceptors (Lipinski definition) is 9. The van der Waals surface area contributed by atoms with E-state index in [9.17, 15) is 0 Å². The zero-order valence-electron chi connectivity index (χ0n) is 24.2. The van der Waals surface area contributed by atoms with Crippen molar-refractivity contribution in [1.29, 1.82) is 0 Å². The maximum absolute atomic E-state index is 6.52. The lowest BCUT2D eigenvalue weighted by Gasteiger charge is -2.24. The third-order valence-electron chi connectivity index (χ3n) is 7.71. The fraction of sp³-hybridized carbons (Fsp3) is 0.333. The molecule has 0 unspecified atom stereocenters. The van der Waals surface area contributed by atoms with Crippen LogP contribution in [0.2, 0.25) is 0 Å². The molecule has 0 saturated heterocycles. The van der Waals surface area contributed by atoms with Crippen LogP contribution in [0.25, 0.3) is 33.5 Å². The molecule has 1 aliphatic heterocycles. The molecule has 0 spiro atoms. The zero-order valence-corrected chi connectivity index (χ0v) is 24.2. The van der Waals surface area contributed by atoms with E-state index in [2.05, 4.69) is 73.2 Å². The normalized spacial score (nSPS) is 12.7. The fourth-order valence-electron chi connectivity index (χ4n) is 5.57. The van der Waals surface area contributed by atoms with E-state index >= 15 is 0 Å². The second-order valence-electron chi connectivity index (χ2n) is 10.8. The molecule has 0 amide bonds. The second kappa shape index (κ2) is 10.7. The van der Waals surface area contributed by atoms with Gasteiger partial charge in [-0.3, -0.25) is 0 Å². The molecular weight excluding hydrogens is 516 g/mol. The van der Waals surface area contributed by atoms with Crippen molar-refractivity contribution in [2.75, 3.05) is 57.3 Å². The van der Waals surface area contributed by atoms with E-state index in [0.29, 0.717) is 28.9 Å². The number of likely N-dealkylation sites (N-methyl/N-ethyl adjacent to an activating group) is 2. The fourth-order valence-corrected chi connectivity index (χ4v) is 5.57. The molecule has 0 saturated carbocycles. The van der Waals surface area contributed by atoms with Crippen LogP contribution in [0.3, 0.4) is 0 Å². The van der Waals surface area contributed by atoms with Crippen molar-refractivity contribution in [1.82, 2.24) is 34.2 Å². The Balaban J connectivity index is 1.43. The number of anilines is 4. The largest absolute Gasteiger partial charge is 0.494 e. The molecule has 4 heterocycles. The molecule has 2 aromatic carbocycles. The van der Waals surface area contributed by atoms with Crippen molar-refractivity contribution in [3.8, 4) is 28.4 Å². The van der Waals surface area contributed by atoms with E-state index in [1.165, 1.54) is 16.5 Å². The highest BCUT2D eigenvalue weighted by Crippen LogP contribution is 2.40. The number of hydrogen-bond donors (Lipinski definition) is 2. The Morgan fingerprint density at radius 3 is 2.71 bits per heavy atom. The summed E-state index contributed by atoms with van der Waals surface area (Å²) in [6.07, 6.45) is 7.76. The average molecular weight is 553 g/mol. The Kier molecular flexibility index (Phi) is 6.96. The van der Waals surface area contributed by atoms with Crippen LogP contribution in [-0.4, -0.2) is 75.5 Å².